The van der Waals surface area contributed by atoms with Crippen LogP contribution in [0.25, 0.3) is 0 Å². The second kappa shape index (κ2) is 6.69. The fraction of sp³-hybridized carbons (Fsp3) is 0.278. The number of nitro groups is 1. The average Bonchev–Trinajstić information content (AvgIpc) is 2.96. The van der Waals surface area contributed by atoms with Crippen LogP contribution < -0.4 is 5.32 Å². The first kappa shape index (κ1) is 16.0. The summed E-state index contributed by atoms with van der Waals surface area (Å²) < 4.78 is 0. The lowest BCUT2D eigenvalue weighted by molar-refractivity contribution is -0.384. The molecule has 1 aliphatic rings. The van der Waals surface area contributed by atoms with Crippen molar-refractivity contribution in [3.63, 3.8) is 0 Å². The van der Waals surface area contributed by atoms with Crippen molar-refractivity contribution < 1.29 is 4.92 Å². The fourth-order valence-electron chi connectivity index (χ4n) is 3.26. The molecular weight excluding hydrogens is 304 g/mol. The number of likely N-dealkylation sites (N-methyl/N-ethyl adjacent to an activating group) is 1. The first-order chi connectivity index (χ1) is 11.6. The molecule has 2 atom stereocenters. The van der Waals surface area contributed by atoms with Gasteiger partial charge in [-0.05, 0) is 24.7 Å². The maximum absolute atomic E-state index is 11.3. The molecule has 1 fully saturated rings. The highest BCUT2D eigenvalue weighted by Crippen LogP contribution is 2.32. The zero-order valence-electron chi connectivity index (χ0n) is 13.3. The maximum Gasteiger partial charge on any atom is 0.293 e. The molecule has 2 aromatic carbocycles. The Morgan fingerprint density at radius 3 is 2.67 bits per heavy atom. The minimum atomic E-state index is -0.445. The largest absolute Gasteiger partial charge is 0.375 e. The van der Waals surface area contributed by atoms with E-state index in [-0.39, 0.29) is 23.2 Å². The van der Waals surface area contributed by atoms with Crippen molar-refractivity contribution in [2.24, 2.45) is 0 Å². The Bertz CT molecular complexity index is 785. The van der Waals surface area contributed by atoms with E-state index in [1.165, 1.54) is 11.6 Å². The van der Waals surface area contributed by atoms with Gasteiger partial charge in [0.25, 0.3) is 5.69 Å². The van der Waals surface area contributed by atoms with Crippen molar-refractivity contribution in [2.75, 3.05) is 25.5 Å². The lowest BCUT2D eigenvalue weighted by Gasteiger charge is -2.21. The third-order valence-corrected chi connectivity index (χ3v) is 4.39. The lowest BCUT2D eigenvalue weighted by atomic mass is 9.94. The number of rotatable bonds is 4. The number of hydrogen-bond acceptors (Lipinski definition) is 5. The van der Waals surface area contributed by atoms with Gasteiger partial charge in [0, 0.05) is 31.1 Å². The highest BCUT2D eigenvalue weighted by Gasteiger charge is 2.33. The Labute approximate surface area is 140 Å². The van der Waals surface area contributed by atoms with Crippen molar-refractivity contribution in [1.29, 1.82) is 5.26 Å². The molecule has 0 amide bonds. The van der Waals surface area contributed by atoms with Gasteiger partial charge in [-0.1, -0.05) is 30.3 Å². The zero-order chi connectivity index (χ0) is 17.1. The van der Waals surface area contributed by atoms with Gasteiger partial charge in [-0.25, -0.2) is 0 Å². The van der Waals surface area contributed by atoms with Crippen LogP contribution >= 0.6 is 0 Å². The quantitative estimate of drug-likeness (QED) is 0.691. The second-order valence-corrected chi connectivity index (χ2v) is 6.09. The van der Waals surface area contributed by atoms with Gasteiger partial charge in [0.1, 0.15) is 5.69 Å². The number of benzene rings is 2. The summed E-state index contributed by atoms with van der Waals surface area (Å²) in [5.74, 6) is 0.256. The molecule has 122 valence electrons. The molecule has 0 saturated carbocycles. The van der Waals surface area contributed by atoms with E-state index in [1.807, 2.05) is 31.3 Å². The van der Waals surface area contributed by atoms with Crippen molar-refractivity contribution in [1.82, 2.24) is 4.90 Å². The number of anilines is 1. The van der Waals surface area contributed by atoms with Crippen LogP contribution in [0.4, 0.5) is 11.4 Å². The van der Waals surface area contributed by atoms with Crippen LogP contribution in [0.3, 0.4) is 0 Å². The molecule has 0 bridgehead atoms. The monoisotopic (exact) mass is 322 g/mol. The third kappa shape index (κ3) is 3.21. The van der Waals surface area contributed by atoms with Crippen LogP contribution in [-0.2, 0) is 0 Å². The van der Waals surface area contributed by atoms with Gasteiger partial charge >= 0.3 is 0 Å². The zero-order valence-corrected chi connectivity index (χ0v) is 13.3. The van der Waals surface area contributed by atoms with Gasteiger partial charge in [0.2, 0.25) is 0 Å². The van der Waals surface area contributed by atoms with Crippen LogP contribution in [0.1, 0.15) is 17.0 Å². The van der Waals surface area contributed by atoms with E-state index in [0.717, 1.165) is 13.1 Å². The normalized spacial score (nSPS) is 20.5. The van der Waals surface area contributed by atoms with Gasteiger partial charge in [0.15, 0.2) is 0 Å². The van der Waals surface area contributed by atoms with E-state index in [4.69, 9.17) is 5.26 Å². The Kier molecular flexibility index (Phi) is 4.45. The summed E-state index contributed by atoms with van der Waals surface area (Å²) in [6.07, 6.45) is 0. The molecule has 0 aliphatic carbocycles. The molecule has 24 heavy (non-hydrogen) atoms. The SMILES string of the molecule is CN1C[C@H](Nc2ccc(C#N)cc2[N+](=O)[O-])[C@@H](c2ccccc2)C1. The minimum absolute atomic E-state index is 0.0598. The van der Waals surface area contributed by atoms with Crippen LogP contribution in [0.5, 0.6) is 0 Å². The molecule has 0 radical (unpaired) electrons. The van der Waals surface area contributed by atoms with Gasteiger partial charge in [-0.15, -0.1) is 0 Å². The first-order valence-electron chi connectivity index (χ1n) is 7.77. The third-order valence-electron chi connectivity index (χ3n) is 4.39. The molecular formula is C18H18N4O2. The standard InChI is InChI=1S/C18H18N4O2/c1-21-11-15(14-5-3-2-4-6-14)17(12-21)20-16-8-7-13(10-19)9-18(16)22(23)24/h2-9,15,17,20H,11-12H2,1H3/t15-,17+/m1/s1. The Hall–Kier alpha value is -2.91. The number of likely N-dealkylation sites (tertiary alicyclic amines) is 1. The van der Waals surface area contributed by atoms with Crippen molar-refractivity contribution in [2.45, 2.75) is 12.0 Å². The topological polar surface area (TPSA) is 82.2 Å². The van der Waals surface area contributed by atoms with E-state index < -0.39 is 4.92 Å². The molecule has 1 heterocycles. The van der Waals surface area contributed by atoms with E-state index in [0.29, 0.717) is 5.69 Å². The van der Waals surface area contributed by atoms with Crippen LogP contribution in [0.2, 0.25) is 0 Å². The molecule has 6 nitrogen and oxygen atoms in total. The Morgan fingerprint density at radius 2 is 2.00 bits per heavy atom. The van der Waals surface area contributed by atoms with Crippen molar-refractivity contribution in [3.8, 4) is 6.07 Å². The summed E-state index contributed by atoms with van der Waals surface area (Å²) in [5, 5.41) is 23.6. The van der Waals surface area contributed by atoms with Crippen LogP contribution in [0.15, 0.2) is 48.5 Å². The van der Waals surface area contributed by atoms with Gasteiger partial charge in [-0.3, -0.25) is 10.1 Å². The van der Waals surface area contributed by atoms with Crippen LogP contribution in [0, 0.1) is 21.4 Å². The van der Waals surface area contributed by atoms with Crippen molar-refractivity contribution >= 4 is 11.4 Å². The van der Waals surface area contributed by atoms with Gasteiger partial charge in [-0.2, -0.15) is 5.26 Å². The van der Waals surface area contributed by atoms with E-state index in [2.05, 4.69) is 22.3 Å². The molecule has 1 saturated heterocycles. The molecule has 0 unspecified atom stereocenters. The summed E-state index contributed by atoms with van der Waals surface area (Å²) >= 11 is 0. The Balaban J connectivity index is 1.89. The first-order valence-corrected chi connectivity index (χ1v) is 7.77. The molecule has 2 aromatic rings. The summed E-state index contributed by atoms with van der Waals surface area (Å²) in [5.41, 5.74) is 1.90. The number of nitriles is 1. The van der Waals surface area contributed by atoms with Crippen LogP contribution in [-0.4, -0.2) is 36.0 Å². The lowest BCUT2D eigenvalue weighted by Crippen LogP contribution is -2.27. The molecule has 1 N–H and O–H groups in total. The molecule has 3 rings (SSSR count). The van der Waals surface area contributed by atoms with E-state index in [1.54, 1.807) is 12.1 Å². The van der Waals surface area contributed by atoms with Gasteiger partial charge in [0.05, 0.1) is 16.6 Å². The molecule has 0 spiro atoms. The number of nitro benzene ring substituents is 1. The minimum Gasteiger partial charge on any atom is -0.375 e. The maximum atomic E-state index is 11.3. The highest BCUT2D eigenvalue weighted by atomic mass is 16.6. The number of nitrogens with one attached hydrogen (secondary N) is 1. The summed E-state index contributed by atoms with van der Waals surface area (Å²) in [4.78, 5) is 13.1. The highest BCUT2D eigenvalue weighted by molar-refractivity contribution is 5.64. The number of nitrogens with zero attached hydrogens (tertiary/aromatic N) is 3. The van der Waals surface area contributed by atoms with Crippen molar-refractivity contribution in [3.05, 3.63) is 69.8 Å². The summed E-state index contributed by atoms with van der Waals surface area (Å²) in [6, 6.07) is 16.7. The molecule has 6 heteroatoms. The predicted octanol–water partition coefficient (Wildman–Crippen LogP) is 2.98. The van der Waals surface area contributed by atoms with E-state index in [9.17, 15) is 10.1 Å². The second-order valence-electron chi connectivity index (χ2n) is 6.09. The summed E-state index contributed by atoms with van der Waals surface area (Å²) in [6.45, 7) is 1.70. The molecule has 1 aliphatic heterocycles. The number of hydrogen-bond donors (Lipinski definition) is 1. The summed E-state index contributed by atoms with van der Waals surface area (Å²) in [7, 11) is 2.05. The smallest absolute Gasteiger partial charge is 0.293 e. The Morgan fingerprint density at radius 1 is 1.25 bits per heavy atom. The predicted molar refractivity (Wildman–Crippen MR) is 91.9 cm³/mol. The average molecular weight is 322 g/mol. The fourth-order valence-corrected chi connectivity index (χ4v) is 3.26. The molecule has 0 aromatic heterocycles. The van der Waals surface area contributed by atoms with Gasteiger partial charge < -0.3 is 10.2 Å². The van der Waals surface area contributed by atoms with E-state index >= 15 is 0 Å².